The lowest BCUT2D eigenvalue weighted by molar-refractivity contribution is -0.142. The molecule has 0 aromatic carbocycles. The van der Waals surface area contributed by atoms with Gasteiger partial charge < -0.3 is 38.3 Å². The van der Waals surface area contributed by atoms with Crippen molar-refractivity contribution in [2.75, 3.05) is 19.6 Å². The molecule has 0 unspecified atom stereocenters. The fraction of sp³-hybridized carbons (Fsp3) is 0.889. The highest BCUT2D eigenvalue weighted by Crippen LogP contribution is 2.14. The van der Waals surface area contributed by atoms with Gasteiger partial charge in [0.2, 0.25) is 17.7 Å². The number of nitrogens with two attached hydrogens (primary N) is 3. The Kier molecular flexibility index (Phi) is 30.8. The zero-order valence-corrected chi connectivity index (χ0v) is 29.8. The molecule has 0 aromatic rings. The fourth-order valence-corrected chi connectivity index (χ4v) is 5.74. The molecule has 0 rings (SSSR count). The van der Waals surface area contributed by atoms with Crippen LogP contribution in [0.3, 0.4) is 0 Å². The van der Waals surface area contributed by atoms with Crippen LogP contribution < -0.4 is 33.2 Å². The molecule has 0 fully saturated rings. The topological polar surface area (TPSA) is 203 Å². The first-order valence-electron chi connectivity index (χ1n) is 19.0. The van der Waals surface area contributed by atoms with E-state index in [1.54, 1.807) is 0 Å². The van der Waals surface area contributed by atoms with Crippen LogP contribution >= 0.6 is 0 Å². The van der Waals surface area contributed by atoms with Gasteiger partial charge >= 0.3 is 5.97 Å². The third-order valence-electron chi connectivity index (χ3n) is 8.75. The summed E-state index contributed by atoms with van der Waals surface area (Å²) < 4.78 is 0. The molecule has 0 aliphatic rings. The fourth-order valence-electron chi connectivity index (χ4n) is 5.74. The standard InChI is InChI=1S/C36H72N6O5/c1-2-3-4-5-6-7-8-9-10-11-12-13-14-15-16-26-33(43)40-30(23-17-20-27-37)34(44)41-31(24-18-21-28-38)35(45)42-32(36(46)47)25-19-22-29-39/h30-32H,2-29,37-39H2,1H3,(H,40,43)(H,41,44)(H,42,45)(H,46,47)/t30-,31-,32-/m0/s1. The normalized spacial score (nSPS) is 13.1. The molecule has 0 bridgehead atoms. The molecule has 11 heteroatoms. The minimum absolute atomic E-state index is 0.178. The second kappa shape index (κ2) is 32.3. The lowest BCUT2D eigenvalue weighted by atomic mass is 10.0. The predicted molar refractivity (Wildman–Crippen MR) is 192 cm³/mol. The highest BCUT2D eigenvalue weighted by Gasteiger charge is 2.29. The van der Waals surface area contributed by atoms with Gasteiger partial charge in [0.1, 0.15) is 18.1 Å². The smallest absolute Gasteiger partial charge is 0.326 e. The van der Waals surface area contributed by atoms with E-state index in [0.717, 1.165) is 19.3 Å². The van der Waals surface area contributed by atoms with Gasteiger partial charge in [0.15, 0.2) is 0 Å². The SMILES string of the molecule is CCCCCCCCCCCCCCCCCC(=O)N[C@@H](CCCCN)C(=O)N[C@@H](CCCCN)C(=O)N[C@@H](CCCCN)C(=O)O. The molecule has 3 amide bonds. The molecule has 0 aromatic heterocycles. The number of rotatable bonds is 34. The Morgan fingerprint density at radius 1 is 0.468 bits per heavy atom. The van der Waals surface area contributed by atoms with Crippen molar-refractivity contribution in [1.29, 1.82) is 0 Å². The summed E-state index contributed by atoms with van der Waals surface area (Å²) in [4.78, 5) is 51.1. The van der Waals surface area contributed by atoms with Gasteiger partial charge in [-0.2, -0.15) is 0 Å². The summed E-state index contributed by atoms with van der Waals surface area (Å²) in [7, 11) is 0. The van der Waals surface area contributed by atoms with Gasteiger partial charge in [-0.15, -0.1) is 0 Å². The Morgan fingerprint density at radius 2 is 0.809 bits per heavy atom. The summed E-state index contributed by atoms with van der Waals surface area (Å²) in [6, 6.07) is -2.80. The lowest BCUT2D eigenvalue weighted by Gasteiger charge is -2.25. The largest absolute Gasteiger partial charge is 0.480 e. The number of carboxylic acid groups (broad SMARTS) is 1. The van der Waals surface area contributed by atoms with Crippen LogP contribution in [-0.4, -0.2) is 66.6 Å². The van der Waals surface area contributed by atoms with Crippen LogP contribution in [-0.2, 0) is 19.2 Å². The molecule has 0 aliphatic heterocycles. The molecular weight excluding hydrogens is 596 g/mol. The van der Waals surface area contributed by atoms with Gasteiger partial charge in [-0.05, 0) is 83.8 Å². The van der Waals surface area contributed by atoms with Crippen molar-refractivity contribution in [1.82, 2.24) is 16.0 Å². The summed E-state index contributed by atoms with van der Waals surface area (Å²) in [5.74, 6) is -2.31. The Hall–Kier alpha value is -2.24. The molecule has 0 spiro atoms. The Bertz CT molecular complexity index is 800. The van der Waals surface area contributed by atoms with Crippen LogP contribution in [0.25, 0.3) is 0 Å². The van der Waals surface area contributed by atoms with E-state index in [1.165, 1.54) is 77.0 Å². The van der Waals surface area contributed by atoms with Crippen LogP contribution in [0, 0.1) is 0 Å². The highest BCUT2D eigenvalue weighted by atomic mass is 16.4. The second-order valence-corrected chi connectivity index (χ2v) is 13.1. The molecule has 0 radical (unpaired) electrons. The van der Waals surface area contributed by atoms with Gasteiger partial charge in [0.05, 0.1) is 0 Å². The van der Waals surface area contributed by atoms with Crippen molar-refractivity contribution in [2.45, 2.75) is 186 Å². The maximum atomic E-state index is 13.4. The molecule has 0 heterocycles. The van der Waals surface area contributed by atoms with E-state index in [0.29, 0.717) is 77.4 Å². The first-order valence-corrected chi connectivity index (χ1v) is 19.0. The third-order valence-corrected chi connectivity index (χ3v) is 8.75. The first-order chi connectivity index (χ1) is 22.8. The number of nitrogens with one attached hydrogen (secondary N) is 3. The number of unbranched alkanes of at least 4 members (excludes halogenated alkanes) is 17. The zero-order valence-electron chi connectivity index (χ0n) is 29.8. The quantitative estimate of drug-likeness (QED) is 0.0455. The van der Waals surface area contributed by atoms with E-state index in [9.17, 15) is 24.3 Å². The van der Waals surface area contributed by atoms with Gasteiger partial charge in [0.25, 0.3) is 0 Å². The monoisotopic (exact) mass is 669 g/mol. The Balaban J connectivity index is 4.72. The van der Waals surface area contributed by atoms with E-state index < -0.39 is 35.9 Å². The van der Waals surface area contributed by atoms with Crippen molar-refractivity contribution < 1.29 is 24.3 Å². The number of carbonyl (C=O) groups excluding carboxylic acids is 3. The highest BCUT2D eigenvalue weighted by molar-refractivity contribution is 5.93. The van der Waals surface area contributed by atoms with E-state index in [4.69, 9.17) is 17.2 Å². The first kappa shape index (κ1) is 44.8. The van der Waals surface area contributed by atoms with Gasteiger partial charge in [0, 0.05) is 6.42 Å². The average molecular weight is 669 g/mol. The van der Waals surface area contributed by atoms with E-state index >= 15 is 0 Å². The van der Waals surface area contributed by atoms with E-state index in [1.807, 2.05) is 0 Å². The van der Waals surface area contributed by atoms with Crippen molar-refractivity contribution in [3.8, 4) is 0 Å². The third kappa shape index (κ3) is 26.4. The summed E-state index contributed by atoms with van der Waals surface area (Å²) in [6.45, 7) is 3.61. The van der Waals surface area contributed by atoms with Crippen LogP contribution in [0.2, 0.25) is 0 Å². The summed E-state index contributed by atoms with van der Waals surface area (Å²) >= 11 is 0. The molecule has 276 valence electrons. The minimum atomic E-state index is -1.13. The molecule has 0 saturated carbocycles. The van der Waals surface area contributed by atoms with Gasteiger partial charge in [-0.1, -0.05) is 96.8 Å². The molecule has 10 N–H and O–H groups in total. The number of hydrogen-bond donors (Lipinski definition) is 7. The van der Waals surface area contributed by atoms with Crippen molar-refractivity contribution >= 4 is 23.7 Å². The minimum Gasteiger partial charge on any atom is -0.480 e. The van der Waals surface area contributed by atoms with Crippen LogP contribution in [0.5, 0.6) is 0 Å². The summed E-state index contributed by atoms with van der Waals surface area (Å²) in [5.41, 5.74) is 16.8. The summed E-state index contributed by atoms with van der Waals surface area (Å²) in [5, 5.41) is 17.9. The number of aliphatic carboxylic acids is 1. The van der Waals surface area contributed by atoms with Crippen molar-refractivity contribution in [3.63, 3.8) is 0 Å². The van der Waals surface area contributed by atoms with Crippen molar-refractivity contribution in [2.24, 2.45) is 17.2 Å². The number of carbonyl (C=O) groups is 4. The van der Waals surface area contributed by atoms with Crippen molar-refractivity contribution in [3.05, 3.63) is 0 Å². The molecule has 47 heavy (non-hydrogen) atoms. The van der Waals surface area contributed by atoms with Crippen LogP contribution in [0.1, 0.15) is 167 Å². The van der Waals surface area contributed by atoms with Gasteiger partial charge in [-0.25, -0.2) is 4.79 Å². The maximum Gasteiger partial charge on any atom is 0.326 e. The summed E-state index contributed by atoms with van der Waals surface area (Å²) in [6.07, 6.45) is 23.9. The predicted octanol–water partition coefficient (Wildman–Crippen LogP) is 5.17. The van der Waals surface area contributed by atoms with E-state index in [-0.39, 0.29) is 12.3 Å². The zero-order chi connectivity index (χ0) is 35.0. The van der Waals surface area contributed by atoms with Gasteiger partial charge in [-0.3, -0.25) is 14.4 Å². The lowest BCUT2D eigenvalue weighted by Crippen LogP contribution is -2.55. The van der Waals surface area contributed by atoms with Crippen LogP contribution in [0.4, 0.5) is 0 Å². The van der Waals surface area contributed by atoms with Crippen LogP contribution in [0.15, 0.2) is 0 Å². The second-order valence-electron chi connectivity index (χ2n) is 13.1. The number of hydrogen-bond acceptors (Lipinski definition) is 7. The maximum absolute atomic E-state index is 13.4. The number of amides is 3. The number of carboxylic acids is 1. The average Bonchev–Trinajstić information content (AvgIpc) is 3.05. The van der Waals surface area contributed by atoms with E-state index in [2.05, 4.69) is 22.9 Å². The Labute approximate surface area is 286 Å². The molecular formula is C36H72N6O5. The molecule has 0 saturated heterocycles. The molecule has 3 atom stereocenters. The molecule has 0 aliphatic carbocycles. The molecule has 11 nitrogen and oxygen atoms in total. The Morgan fingerprint density at radius 3 is 1.19 bits per heavy atom.